The number of aryl methyl sites for hydroxylation is 2. The van der Waals surface area contributed by atoms with Gasteiger partial charge < -0.3 is 20.3 Å². The molecule has 1 aliphatic carbocycles. The number of carboxylic acid groups (broad SMARTS) is 1. The van der Waals surface area contributed by atoms with Gasteiger partial charge in [0.05, 0.1) is 5.00 Å². The molecule has 0 radical (unpaired) electrons. The maximum Gasteiger partial charge on any atom is 0.290 e. The number of pyridine rings is 1. The first-order chi connectivity index (χ1) is 17.8. The minimum Gasteiger partial charge on any atom is -0.483 e. The van der Waals surface area contributed by atoms with Crippen molar-refractivity contribution in [3.05, 3.63) is 52.9 Å². The van der Waals surface area contributed by atoms with Crippen molar-refractivity contribution in [2.24, 2.45) is 11.8 Å². The highest BCUT2D eigenvalue weighted by molar-refractivity contribution is 7.16. The molecule has 0 atom stereocenters. The fraction of sp³-hybridized carbons (Fsp3) is 0.370. The fourth-order valence-electron chi connectivity index (χ4n) is 4.36. The Balaban J connectivity index is 0.00000102. The lowest BCUT2D eigenvalue weighted by molar-refractivity contribution is -0.123. The molecule has 1 saturated carbocycles. The molecule has 3 heterocycles. The number of benzene rings is 1. The minimum atomic E-state index is -0.250. The predicted molar refractivity (Wildman–Crippen MR) is 145 cm³/mol. The van der Waals surface area contributed by atoms with E-state index < -0.39 is 0 Å². The van der Waals surface area contributed by atoms with Crippen molar-refractivity contribution in [1.29, 1.82) is 0 Å². The van der Waals surface area contributed by atoms with Crippen molar-refractivity contribution in [1.82, 2.24) is 15.1 Å². The normalized spacial score (nSPS) is 16.6. The molecule has 5 rings (SSSR count). The quantitative estimate of drug-likeness (QED) is 0.264. The van der Waals surface area contributed by atoms with Crippen molar-refractivity contribution in [3.63, 3.8) is 0 Å². The van der Waals surface area contributed by atoms with Gasteiger partial charge in [-0.05, 0) is 61.3 Å². The average molecular weight is 522 g/mol. The summed E-state index contributed by atoms with van der Waals surface area (Å²) in [6.45, 7) is 8.09. The molecule has 4 aromatic rings. The molecule has 3 aromatic heterocycles. The van der Waals surface area contributed by atoms with Crippen molar-refractivity contribution in [2.75, 3.05) is 10.6 Å². The van der Waals surface area contributed by atoms with E-state index in [4.69, 9.17) is 14.4 Å². The average Bonchev–Trinajstić information content (AvgIpc) is 3.40. The molecule has 0 bridgehead atoms. The third kappa shape index (κ3) is 6.32. The third-order valence-electron chi connectivity index (χ3n) is 6.26. The Morgan fingerprint density at radius 2 is 2.00 bits per heavy atom. The number of anilines is 2. The van der Waals surface area contributed by atoms with E-state index >= 15 is 0 Å². The lowest BCUT2D eigenvalue weighted by Gasteiger charge is -2.35. The number of hydrogen-bond donors (Lipinski definition) is 3. The summed E-state index contributed by atoms with van der Waals surface area (Å²) in [6, 6.07) is 10.4. The van der Waals surface area contributed by atoms with Crippen molar-refractivity contribution in [2.45, 2.75) is 53.0 Å². The first-order valence-electron chi connectivity index (χ1n) is 12.2. The summed E-state index contributed by atoms with van der Waals surface area (Å²) in [5.41, 5.74) is 2.15. The number of rotatable bonds is 7. The van der Waals surface area contributed by atoms with Crippen LogP contribution in [0.5, 0.6) is 0 Å². The van der Waals surface area contributed by atoms with Gasteiger partial charge in [-0.2, -0.15) is 4.98 Å². The number of nitrogens with zero attached hydrogens (tertiary/aromatic N) is 3. The van der Waals surface area contributed by atoms with E-state index in [1.807, 2.05) is 24.3 Å². The third-order valence-corrected chi connectivity index (χ3v) is 7.44. The van der Waals surface area contributed by atoms with Crippen LogP contribution in [0.4, 0.5) is 10.8 Å². The number of fused-ring (bicyclic) bond motifs is 1. The Kier molecular flexibility index (Phi) is 8.17. The maximum absolute atomic E-state index is 12.8. The first-order valence-corrected chi connectivity index (χ1v) is 13.0. The molecule has 0 saturated heterocycles. The van der Waals surface area contributed by atoms with Gasteiger partial charge in [-0.1, -0.05) is 31.1 Å². The van der Waals surface area contributed by atoms with Gasteiger partial charge in [-0.3, -0.25) is 9.59 Å². The number of nitrogens with one attached hydrogen (secondary N) is 2. The summed E-state index contributed by atoms with van der Waals surface area (Å²) in [4.78, 5) is 31.4. The molecule has 194 valence electrons. The van der Waals surface area contributed by atoms with Crippen LogP contribution in [0.3, 0.4) is 0 Å². The zero-order valence-electron chi connectivity index (χ0n) is 21.3. The number of amides is 1. The number of thiophene rings is 1. The van der Waals surface area contributed by atoms with Crippen LogP contribution in [0.25, 0.3) is 22.2 Å². The predicted octanol–water partition coefficient (Wildman–Crippen LogP) is 5.69. The largest absolute Gasteiger partial charge is 0.483 e. The Morgan fingerprint density at radius 1 is 1.24 bits per heavy atom. The summed E-state index contributed by atoms with van der Waals surface area (Å²) in [5, 5.41) is 20.6. The van der Waals surface area contributed by atoms with Crippen LogP contribution in [0, 0.1) is 25.7 Å². The number of carbonyl (C=O) groups is 2. The summed E-state index contributed by atoms with van der Waals surface area (Å²) < 4.78 is 5.12. The van der Waals surface area contributed by atoms with E-state index in [1.165, 1.54) is 10.4 Å². The van der Waals surface area contributed by atoms with E-state index in [0.29, 0.717) is 17.6 Å². The highest BCUT2D eigenvalue weighted by atomic mass is 32.1. The summed E-state index contributed by atoms with van der Waals surface area (Å²) >= 11 is 1.70. The molecule has 3 N–H and O–H groups in total. The van der Waals surface area contributed by atoms with Gasteiger partial charge >= 0.3 is 0 Å². The Hall–Kier alpha value is -3.79. The molecule has 37 heavy (non-hydrogen) atoms. The number of carbonyl (C=O) groups excluding carboxylic acids is 1. The Morgan fingerprint density at radius 3 is 2.68 bits per heavy atom. The minimum absolute atomic E-state index is 0.0151. The van der Waals surface area contributed by atoms with Crippen molar-refractivity contribution >= 4 is 45.3 Å². The first kappa shape index (κ1) is 26.3. The van der Waals surface area contributed by atoms with Crippen molar-refractivity contribution < 1.29 is 19.2 Å². The van der Waals surface area contributed by atoms with Gasteiger partial charge in [0.15, 0.2) is 0 Å². The Labute approximate surface area is 219 Å². The van der Waals surface area contributed by atoms with Crippen molar-refractivity contribution in [3.8, 4) is 11.4 Å². The molecular weight excluding hydrogens is 490 g/mol. The lowest BCUT2D eigenvalue weighted by Crippen LogP contribution is -2.42. The van der Waals surface area contributed by atoms with Crippen LogP contribution in [-0.2, 0) is 16.0 Å². The maximum atomic E-state index is 12.8. The summed E-state index contributed by atoms with van der Waals surface area (Å²) in [5.74, 6) is 2.64. The van der Waals surface area contributed by atoms with E-state index in [-0.39, 0.29) is 24.3 Å². The molecule has 1 aromatic carbocycles. The second kappa shape index (κ2) is 11.5. The topological polar surface area (TPSA) is 130 Å². The van der Waals surface area contributed by atoms with Gasteiger partial charge in [0, 0.05) is 40.9 Å². The van der Waals surface area contributed by atoms with E-state index in [1.54, 1.807) is 24.5 Å². The standard InChI is InChI=1S/C26H29N5O2S.CH2O2/c1-14(2)9-22-15(3)10-23(34-22)30-26(32)19-11-20(12-19)29-25-21-13-18(24-28-16(4)33-31-24)6-5-17(21)7-8-27-25;2-1-3/h5-8,10,13-14,19-20H,9,11-12H2,1-4H3,(H,27,29)(H,30,32);1H,(H,2,3). The molecule has 9 nitrogen and oxygen atoms in total. The summed E-state index contributed by atoms with van der Waals surface area (Å²) in [6.07, 6.45) is 4.43. The van der Waals surface area contributed by atoms with E-state index in [2.05, 4.69) is 52.6 Å². The molecule has 10 heteroatoms. The molecular formula is C27H31N5O4S. The van der Waals surface area contributed by atoms with Crippen LogP contribution < -0.4 is 10.6 Å². The van der Waals surface area contributed by atoms with E-state index in [9.17, 15) is 4.79 Å². The van der Waals surface area contributed by atoms with Gasteiger partial charge in [0.1, 0.15) is 5.82 Å². The van der Waals surface area contributed by atoms with Crippen LogP contribution >= 0.6 is 11.3 Å². The zero-order valence-corrected chi connectivity index (χ0v) is 22.1. The number of hydrogen-bond acceptors (Lipinski definition) is 8. The highest BCUT2D eigenvalue weighted by Crippen LogP contribution is 2.35. The second-order valence-electron chi connectivity index (χ2n) is 9.65. The van der Waals surface area contributed by atoms with Crippen LogP contribution in [-0.4, -0.2) is 38.7 Å². The zero-order chi connectivity index (χ0) is 26.5. The lowest BCUT2D eigenvalue weighted by atomic mass is 9.79. The molecule has 0 spiro atoms. The SMILES string of the molecule is Cc1nc(-c2ccc3ccnc(NC4CC(C(=O)Nc5cc(C)c(CC(C)C)s5)C4)c3c2)no1.O=CO. The summed E-state index contributed by atoms with van der Waals surface area (Å²) in [7, 11) is 0. The second-order valence-corrected chi connectivity index (χ2v) is 10.8. The van der Waals surface area contributed by atoms with Crippen LogP contribution in [0.1, 0.15) is 43.0 Å². The van der Waals surface area contributed by atoms with Gasteiger partial charge in [-0.25, -0.2) is 4.98 Å². The molecule has 1 amide bonds. The van der Waals surface area contributed by atoms with Gasteiger partial charge in [0.2, 0.25) is 17.6 Å². The van der Waals surface area contributed by atoms with E-state index in [0.717, 1.165) is 46.4 Å². The van der Waals surface area contributed by atoms with Gasteiger partial charge in [-0.15, -0.1) is 11.3 Å². The van der Waals surface area contributed by atoms with Gasteiger partial charge in [0.25, 0.3) is 6.47 Å². The molecule has 1 aliphatic rings. The van der Waals surface area contributed by atoms with Crippen LogP contribution in [0.2, 0.25) is 0 Å². The molecule has 0 aliphatic heterocycles. The molecule has 0 unspecified atom stereocenters. The monoisotopic (exact) mass is 521 g/mol. The molecule has 1 fully saturated rings. The highest BCUT2D eigenvalue weighted by Gasteiger charge is 2.35. The fourth-order valence-corrected chi connectivity index (χ4v) is 5.65. The Bertz CT molecular complexity index is 1390. The smallest absolute Gasteiger partial charge is 0.290 e. The van der Waals surface area contributed by atoms with Crippen LogP contribution in [0.15, 0.2) is 41.1 Å². The number of aromatic nitrogens is 3.